The highest BCUT2D eigenvalue weighted by Crippen LogP contribution is 2.61. The van der Waals surface area contributed by atoms with Crippen molar-refractivity contribution in [2.45, 2.75) is 14.1 Å². The number of para-hydroxylation sites is 2. The molecule has 1 aliphatic heterocycles. The lowest BCUT2D eigenvalue weighted by molar-refractivity contribution is 0.0730. The van der Waals surface area contributed by atoms with E-state index in [4.69, 9.17) is 9.47 Å². The lowest BCUT2D eigenvalue weighted by Crippen LogP contribution is -2.22. The van der Waals surface area contributed by atoms with Crippen LogP contribution in [0.25, 0.3) is 0 Å². The lowest BCUT2D eigenvalue weighted by Gasteiger charge is -2.28. The van der Waals surface area contributed by atoms with Gasteiger partial charge in [0.25, 0.3) is 0 Å². The van der Waals surface area contributed by atoms with Gasteiger partial charge in [-0.15, -0.1) is 0 Å². The van der Waals surface area contributed by atoms with Crippen molar-refractivity contribution in [2.24, 2.45) is 0 Å². The van der Waals surface area contributed by atoms with Crippen LogP contribution in [0.5, 0.6) is 11.5 Å². The zero-order chi connectivity index (χ0) is 21.1. The van der Waals surface area contributed by atoms with E-state index in [1.807, 2.05) is 78.9 Å². The quantitative estimate of drug-likeness (QED) is 0.246. The fourth-order valence-corrected chi connectivity index (χ4v) is 6.06. The standard InChI is InChI=1S/C26H18O3S2/c27-25(19-11-3-1-4-12-19)28-21-15-7-9-17-23(21)30-26(20-13-5-2-6-14-20)29-22-16-8-10-18-24(22)31-26/h1-18H. The summed E-state index contributed by atoms with van der Waals surface area (Å²) in [6, 6.07) is 34.7. The van der Waals surface area contributed by atoms with E-state index in [1.54, 1.807) is 23.9 Å². The molecule has 0 bridgehead atoms. The molecule has 1 unspecified atom stereocenters. The molecule has 31 heavy (non-hydrogen) atoms. The monoisotopic (exact) mass is 442 g/mol. The topological polar surface area (TPSA) is 35.5 Å². The third-order valence-corrected chi connectivity index (χ3v) is 7.56. The van der Waals surface area contributed by atoms with E-state index in [0.717, 1.165) is 21.1 Å². The highest BCUT2D eigenvalue weighted by molar-refractivity contribution is 8.17. The van der Waals surface area contributed by atoms with Crippen molar-refractivity contribution in [3.05, 3.63) is 120 Å². The fraction of sp³-hybridized carbons (Fsp3) is 0.0385. The van der Waals surface area contributed by atoms with Crippen LogP contribution in [-0.4, -0.2) is 5.97 Å². The molecule has 0 saturated carbocycles. The van der Waals surface area contributed by atoms with Gasteiger partial charge in [-0.3, -0.25) is 0 Å². The molecule has 0 spiro atoms. The van der Waals surface area contributed by atoms with E-state index >= 15 is 0 Å². The van der Waals surface area contributed by atoms with Crippen molar-refractivity contribution in [1.29, 1.82) is 0 Å². The van der Waals surface area contributed by atoms with E-state index < -0.39 is 4.27 Å². The minimum absolute atomic E-state index is 0.384. The zero-order valence-electron chi connectivity index (χ0n) is 16.4. The Morgan fingerprint density at radius 3 is 2.19 bits per heavy atom. The number of ether oxygens (including phenoxy) is 2. The van der Waals surface area contributed by atoms with Crippen LogP contribution in [0.15, 0.2) is 119 Å². The molecule has 152 valence electrons. The number of benzene rings is 4. The maximum absolute atomic E-state index is 12.7. The Morgan fingerprint density at radius 2 is 1.42 bits per heavy atom. The summed E-state index contributed by atoms with van der Waals surface area (Å²) < 4.78 is 11.6. The molecule has 5 heteroatoms. The Bertz CT molecular complexity index is 1180. The van der Waals surface area contributed by atoms with Crippen LogP contribution in [0, 0.1) is 0 Å². The fourth-order valence-electron chi connectivity index (χ4n) is 3.29. The Kier molecular flexibility index (Phi) is 5.45. The molecule has 0 fully saturated rings. The smallest absolute Gasteiger partial charge is 0.343 e. The second kappa shape index (κ2) is 8.53. The number of hydrogen-bond acceptors (Lipinski definition) is 5. The molecule has 1 aliphatic rings. The van der Waals surface area contributed by atoms with Crippen LogP contribution >= 0.6 is 23.5 Å². The molecule has 0 radical (unpaired) electrons. The summed E-state index contributed by atoms with van der Waals surface area (Å²) >= 11 is 3.19. The number of carbonyl (C=O) groups excluding carboxylic acids is 1. The maximum atomic E-state index is 12.7. The Labute approximate surface area is 189 Å². The molecular weight excluding hydrogens is 424 g/mol. The van der Waals surface area contributed by atoms with Gasteiger partial charge in [-0.2, -0.15) is 0 Å². The molecule has 3 nitrogen and oxygen atoms in total. The van der Waals surface area contributed by atoms with E-state index in [2.05, 4.69) is 18.2 Å². The molecule has 4 aromatic rings. The van der Waals surface area contributed by atoms with Crippen LogP contribution in [0.4, 0.5) is 0 Å². The molecule has 0 aromatic heterocycles. The van der Waals surface area contributed by atoms with Crippen LogP contribution in [-0.2, 0) is 4.27 Å². The normalized spacial score (nSPS) is 16.9. The molecule has 1 atom stereocenters. The molecule has 0 aliphatic carbocycles. The Balaban J connectivity index is 1.50. The van der Waals surface area contributed by atoms with Crippen LogP contribution in [0.1, 0.15) is 15.9 Å². The molecular formula is C26H18O3S2. The number of thioether (sulfide) groups is 2. The summed E-state index contributed by atoms with van der Waals surface area (Å²) in [6.45, 7) is 0. The minimum atomic E-state index is -0.722. The van der Waals surface area contributed by atoms with Gasteiger partial charge in [0, 0.05) is 5.56 Å². The predicted octanol–water partition coefficient (Wildman–Crippen LogP) is 6.99. The third kappa shape index (κ3) is 4.07. The van der Waals surface area contributed by atoms with Gasteiger partial charge in [0.2, 0.25) is 4.27 Å². The Morgan fingerprint density at radius 1 is 0.774 bits per heavy atom. The summed E-state index contributed by atoms with van der Waals surface area (Å²) in [5.74, 6) is 0.977. The first-order chi connectivity index (χ1) is 15.2. The average molecular weight is 443 g/mol. The molecule has 0 saturated heterocycles. The van der Waals surface area contributed by atoms with Crippen molar-refractivity contribution in [1.82, 2.24) is 0 Å². The van der Waals surface area contributed by atoms with Gasteiger partial charge in [-0.1, -0.05) is 96.3 Å². The van der Waals surface area contributed by atoms with E-state index in [1.165, 1.54) is 11.8 Å². The summed E-state index contributed by atoms with van der Waals surface area (Å²) in [6.07, 6.45) is 0. The van der Waals surface area contributed by atoms with Crippen molar-refractivity contribution < 1.29 is 14.3 Å². The highest BCUT2D eigenvalue weighted by atomic mass is 32.2. The van der Waals surface area contributed by atoms with Crippen LogP contribution < -0.4 is 9.47 Å². The minimum Gasteiger partial charge on any atom is -0.461 e. The molecule has 1 heterocycles. The largest absolute Gasteiger partial charge is 0.461 e. The van der Waals surface area contributed by atoms with Gasteiger partial charge < -0.3 is 9.47 Å². The number of rotatable bonds is 5. The molecule has 5 rings (SSSR count). The van der Waals surface area contributed by atoms with Gasteiger partial charge >= 0.3 is 5.97 Å². The van der Waals surface area contributed by atoms with Gasteiger partial charge in [-0.05, 0) is 36.4 Å². The summed E-state index contributed by atoms with van der Waals surface area (Å²) in [5, 5.41) is 0. The first-order valence-corrected chi connectivity index (χ1v) is 11.4. The first kappa shape index (κ1) is 19.8. The third-order valence-electron chi connectivity index (χ3n) is 4.77. The SMILES string of the molecule is O=C(Oc1ccccc1SC1(c2ccccc2)Oc2ccccc2S1)c1ccccc1. The summed E-state index contributed by atoms with van der Waals surface area (Å²) in [4.78, 5) is 14.6. The molecule has 0 N–H and O–H groups in total. The second-order valence-electron chi connectivity index (χ2n) is 6.88. The first-order valence-electron chi connectivity index (χ1n) is 9.81. The van der Waals surface area contributed by atoms with Gasteiger partial charge in [0.1, 0.15) is 11.5 Å². The van der Waals surface area contributed by atoms with Gasteiger partial charge in [-0.25, -0.2) is 4.79 Å². The van der Waals surface area contributed by atoms with E-state index in [0.29, 0.717) is 11.3 Å². The van der Waals surface area contributed by atoms with Crippen LogP contribution in [0.3, 0.4) is 0 Å². The van der Waals surface area contributed by atoms with Gasteiger partial charge in [0.15, 0.2) is 0 Å². The van der Waals surface area contributed by atoms with Crippen molar-refractivity contribution in [3.8, 4) is 11.5 Å². The summed E-state index contributed by atoms with van der Waals surface area (Å²) in [7, 11) is 0. The van der Waals surface area contributed by atoms with Gasteiger partial charge in [0.05, 0.1) is 15.4 Å². The number of esters is 1. The average Bonchev–Trinajstić information content (AvgIpc) is 3.21. The maximum Gasteiger partial charge on any atom is 0.343 e. The van der Waals surface area contributed by atoms with Crippen molar-refractivity contribution in [2.75, 3.05) is 0 Å². The number of hydrogen-bond donors (Lipinski definition) is 0. The van der Waals surface area contributed by atoms with E-state index in [-0.39, 0.29) is 5.97 Å². The molecule has 4 aromatic carbocycles. The second-order valence-corrected chi connectivity index (χ2v) is 9.57. The number of carbonyl (C=O) groups is 1. The van der Waals surface area contributed by atoms with Crippen LogP contribution in [0.2, 0.25) is 0 Å². The molecule has 0 amide bonds. The van der Waals surface area contributed by atoms with Crippen molar-refractivity contribution >= 4 is 29.5 Å². The zero-order valence-corrected chi connectivity index (χ0v) is 18.1. The Hall–Kier alpha value is -3.15. The van der Waals surface area contributed by atoms with Crippen molar-refractivity contribution in [3.63, 3.8) is 0 Å². The predicted molar refractivity (Wildman–Crippen MR) is 125 cm³/mol. The highest BCUT2D eigenvalue weighted by Gasteiger charge is 2.44. The number of fused-ring (bicyclic) bond motifs is 1. The van der Waals surface area contributed by atoms with E-state index in [9.17, 15) is 4.79 Å². The lowest BCUT2D eigenvalue weighted by atomic mass is 10.2. The summed E-state index contributed by atoms with van der Waals surface area (Å²) in [5.41, 5.74) is 1.55.